The van der Waals surface area contributed by atoms with Gasteiger partial charge in [0, 0.05) is 0 Å². The Morgan fingerprint density at radius 1 is 2.00 bits per heavy atom. The minimum absolute atomic E-state index is 3.10. The van der Waals surface area contributed by atoms with E-state index in [1.165, 1.54) is 0 Å². The van der Waals surface area contributed by atoms with Crippen LogP contribution in [0.5, 0.6) is 0 Å². The van der Waals surface area contributed by atoms with Crippen LogP contribution in [-0.4, -0.2) is 20.0 Å². The highest BCUT2D eigenvalue weighted by Gasteiger charge is 1.93. The lowest BCUT2D eigenvalue weighted by Gasteiger charge is -1.82. The predicted octanol–water partition coefficient (Wildman–Crippen LogP) is -0.564. The lowest BCUT2D eigenvalue weighted by Crippen LogP contribution is -1.96. The van der Waals surface area contributed by atoms with Crippen LogP contribution in [0.25, 0.3) is 0 Å². The summed E-state index contributed by atoms with van der Waals surface area (Å²) in [4.78, 5) is 0. The first-order valence-electron chi connectivity index (χ1n) is 2.39. The molecule has 0 spiro atoms. The van der Waals surface area contributed by atoms with Crippen LogP contribution in [0.3, 0.4) is 0 Å². The van der Waals surface area contributed by atoms with Gasteiger partial charge in [-0.2, -0.15) is 8.42 Å². The average molecular weight is 115 g/mol. The third-order valence-corrected chi connectivity index (χ3v) is 0.316. The summed E-state index contributed by atoms with van der Waals surface area (Å²) in [5, 5.41) is 0. The van der Waals surface area contributed by atoms with Crippen LogP contribution in [0.1, 0.15) is 4.11 Å². The zero-order valence-electron chi connectivity index (χ0n) is 5.58. The first-order valence-corrected chi connectivity index (χ1v) is 2.25. The van der Waals surface area contributed by atoms with Gasteiger partial charge in [-0.3, -0.25) is 8.74 Å². The van der Waals surface area contributed by atoms with Gasteiger partial charge in [0.15, 0.2) is 0 Å². The quantitative estimate of drug-likeness (QED) is 0.465. The maximum absolute atomic E-state index is 9.62. The summed E-state index contributed by atoms with van der Waals surface area (Å²) in [6.45, 7) is 0. The molecule has 0 aliphatic heterocycles. The van der Waals surface area contributed by atoms with E-state index >= 15 is 0 Å². The second kappa shape index (κ2) is 1.55. The van der Waals surface area contributed by atoms with Crippen molar-refractivity contribution in [2.75, 3.05) is 7.04 Å². The van der Waals surface area contributed by atoms with Gasteiger partial charge in [-0.15, -0.1) is 0 Å². The van der Waals surface area contributed by atoms with E-state index in [-0.39, 0.29) is 0 Å². The molecule has 38 valence electrons. The van der Waals surface area contributed by atoms with Crippen LogP contribution >= 0.6 is 0 Å². The second-order valence-electron chi connectivity index (χ2n) is 0.511. The third-order valence-electron chi connectivity index (χ3n) is 0.105. The van der Waals surface area contributed by atoms with Crippen LogP contribution < -0.4 is 0 Å². The van der Waals surface area contributed by atoms with E-state index in [0.29, 0.717) is 0 Å². The van der Waals surface area contributed by atoms with Gasteiger partial charge < -0.3 is 0 Å². The summed E-state index contributed by atoms with van der Waals surface area (Å²) in [5.41, 5.74) is 0. The predicted molar refractivity (Wildman–Crippen MR) is 18.6 cm³/mol. The van der Waals surface area contributed by atoms with Crippen molar-refractivity contribution in [3.8, 4) is 0 Å². The standard InChI is InChI=1S/CH4O4S/c1-5-6(2,3)4/h1H3,(H,2,3,4)/i1D3. The Morgan fingerprint density at radius 3 is 2.50 bits per heavy atom. The largest absolute Gasteiger partial charge is 0.397 e. The zero-order valence-corrected chi connectivity index (χ0v) is 3.40. The van der Waals surface area contributed by atoms with E-state index in [9.17, 15) is 8.42 Å². The van der Waals surface area contributed by atoms with Crippen molar-refractivity contribution in [1.82, 2.24) is 0 Å². The van der Waals surface area contributed by atoms with E-state index in [1.807, 2.05) is 0 Å². The maximum Gasteiger partial charge on any atom is 0.397 e. The van der Waals surface area contributed by atoms with E-state index in [2.05, 4.69) is 4.18 Å². The molecule has 0 rings (SSSR count). The van der Waals surface area contributed by atoms with Crippen molar-refractivity contribution >= 4 is 10.4 Å². The summed E-state index contributed by atoms with van der Waals surface area (Å²) in [7, 11) is -7.95. The molecule has 0 saturated carbocycles. The van der Waals surface area contributed by atoms with Crippen molar-refractivity contribution in [2.45, 2.75) is 0 Å². The SMILES string of the molecule is [2H]C([2H])([2H])OS(=O)(=O)O. The van der Waals surface area contributed by atoms with Gasteiger partial charge in [0.05, 0.1) is 11.2 Å². The topological polar surface area (TPSA) is 63.6 Å². The summed E-state index contributed by atoms with van der Waals surface area (Å²) < 4.78 is 48.6. The minimum Gasteiger partial charge on any atom is -0.264 e. The van der Waals surface area contributed by atoms with Crippen molar-refractivity contribution in [3.63, 3.8) is 0 Å². The lowest BCUT2D eigenvalue weighted by molar-refractivity contribution is 0.324. The van der Waals surface area contributed by atoms with Gasteiger partial charge in [0.25, 0.3) is 0 Å². The van der Waals surface area contributed by atoms with Crippen LogP contribution in [0.4, 0.5) is 0 Å². The van der Waals surface area contributed by atoms with Crippen LogP contribution in [-0.2, 0) is 14.6 Å². The van der Waals surface area contributed by atoms with Crippen molar-refractivity contribution in [2.24, 2.45) is 0 Å². The highest BCUT2D eigenvalue weighted by molar-refractivity contribution is 7.80. The monoisotopic (exact) mass is 115 g/mol. The Hall–Kier alpha value is -0.130. The van der Waals surface area contributed by atoms with E-state index in [1.54, 1.807) is 0 Å². The fraction of sp³-hybridized carbons (Fsp3) is 1.00. The smallest absolute Gasteiger partial charge is 0.264 e. The Morgan fingerprint density at radius 2 is 2.50 bits per heavy atom. The molecule has 0 aromatic rings. The fourth-order valence-electron chi connectivity index (χ4n) is 0. The molecule has 0 aromatic heterocycles. The average Bonchev–Trinajstić information content (AvgIpc) is 1.14. The van der Waals surface area contributed by atoms with Gasteiger partial charge in [-0.25, -0.2) is 0 Å². The Bertz CT molecular complexity index is 176. The molecule has 6 heavy (non-hydrogen) atoms. The van der Waals surface area contributed by atoms with Gasteiger partial charge in [-0.1, -0.05) is 0 Å². The first kappa shape index (κ1) is 2.25. The Labute approximate surface area is 39.9 Å². The van der Waals surface area contributed by atoms with E-state index in [0.717, 1.165) is 0 Å². The van der Waals surface area contributed by atoms with E-state index < -0.39 is 17.4 Å². The second-order valence-corrected chi connectivity index (χ2v) is 1.53. The highest BCUT2D eigenvalue weighted by Crippen LogP contribution is 1.74. The van der Waals surface area contributed by atoms with Gasteiger partial charge >= 0.3 is 10.4 Å². The summed E-state index contributed by atoms with van der Waals surface area (Å²) in [5.74, 6) is 0. The molecule has 0 heterocycles. The third kappa shape index (κ3) is 3.87. The number of hydrogen-bond acceptors (Lipinski definition) is 3. The summed E-state index contributed by atoms with van der Waals surface area (Å²) in [6, 6.07) is 0. The molecule has 0 radical (unpaired) electrons. The number of rotatable bonds is 1. The molecular weight excluding hydrogens is 108 g/mol. The molecule has 5 heteroatoms. The fourth-order valence-corrected chi connectivity index (χ4v) is 0. The number of hydrogen-bond donors (Lipinski definition) is 1. The molecule has 0 fully saturated rings. The van der Waals surface area contributed by atoms with Crippen molar-refractivity contribution in [1.29, 1.82) is 0 Å². The summed E-state index contributed by atoms with van der Waals surface area (Å²) >= 11 is 0. The molecule has 0 bridgehead atoms. The Balaban J connectivity index is 4.07. The van der Waals surface area contributed by atoms with Crippen molar-refractivity contribution in [3.05, 3.63) is 0 Å². The minimum atomic E-state index is -4.84. The molecule has 0 aromatic carbocycles. The van der Waals surface area contributed by atoms with Crippen LogP contribution in [0.2, 0.25) is 0 Å². The maximum atomic E-state index is 9.62. The highest BCUT2D eigenvalue weighted by atomic mass is 32.3. The zero-order chi connectivity index (χ0) is 7.71. The normalized spacial score (nSPS) is 21.2. The summed E-state index contributed by atoms with van der Waals surface area (Å²) in [6.07, 6.45) is 0. The molecule has 1 N–H and O–H groups in total. The van der Waals surface area contributed by atoms with Crippen LogP contribution in [0, 0.1) is 0 Å². The molecule has 0 amide bonds. The van der Waals surface area contributed by atoms with Crippen molar-refractivity contribution < 1.29 is 21.3 Å². The first-order chi connectivity index (χ1) is 3.71. The molecule has 0 aliphatic carbocycles. The molecule has 4 nitrogen and oxygen atoms in total. The molecule has 0 saturated heterocycles. The molecule has 0 aliphatic rings. The lowest BCUT2D eigenvalue weighted by atomic mass is 11.8. The molecule has 0 unspecified atom stereocenters. The molecule has 0 atom stereocenters. The van der Waals surface area contributed by atoms with Gasteiger partial charge in [0.1, 0.15) is 0 Å². The van der Waals surface area contributed by atoms with Gasteiger partial charge in [0.2, 0.25) is 0 Å². The van der Waals surface area contributed by atoms with E-state index in [4.69, 9.17) is 8.67 Å². The van der Waals surface area contributed by atoms with Crippen LogP contribution in [0.15, 0.2) is 0 Å². The van der Waals surface area contributed by atoms with Gasteiger partial charge in [-0.05, 0) is 0 Å². The molecular formula is CH4O4S. The Kier molecular flexibility index (Phi) is 0.579.